The van der Waals surface area contributed by atoms with Crippen LogP contribution >= 0.6 is 24.0 Å². The van der Waals surface area contributed by atoms with E-state index in [9.17, 15) is 4.79 Å². The number of aromatic nitrogens is 1. The summed E-state index contributed by atoms with van der Waals surface area (Å²) in [5, 5.41) is 3.35. The molecule has 1 aromatic heterocycles. The van der Waals surface area contributed by atoms with E-state index >= 15 is 0 Å². The first-order valence-electron chi connectivity index (χ1n) is 9.36. The molecule has 27 heavy (non-hydrogen) atoms. The SMILES string of the molecule is CCCCN(C)C(=NCc1ccc(Cn2ccccc2=O)cc1)NCC.I. The van der Waals surface area contributed by atoms with Crippen LogP contribution in [0.15, 0.2) is 58.4 Å². The van der Waals surface area contributed by atoms with Gasteiger partial charge in [0.25, 0.3) is 5.56 Å². The zero-order chi connectivity index (χ0) is 18.8. The number of nitrogens with one attached hydrogen (secondary N) is 1. The summed E-state index contributed by atoms with van der Waals surface area (Å²) in [7, 11) is 2.08. The highest BCUT2D eigenvalue weighted by atomic mass is 127. The van der Waals surface area contributed by atoms with Crippen molar-refractivity contribution >= 4 is 29.9 Å². The van der Waals surface area contributed by atoms with Crippen molar-refractivity contribution in [2.24, 2.45) is 4.99 Å². The van der Waals surface area contributed by atoms with Crippen LogP contribution in [0.1, 0.15) is 37.8 Å². The summed E-state index contributed by atoms with van der Waals surface area (Å²) in [5.41, 5.74) is 2.29. The van der Waals surface area contributed by atoms with Gasteiger partial charge in [-0.25, -0.2) is 4.99 Å². The third-order valence-corrected chi connectivity index (χ3v) is 4.23. The molecule has 0 spiro atoms. The predicted molar refractivity (Wildman–Crippen MR) is 124 cm³/mol. The standard InChI is InChI=1S/C21H30N4O.HI/c1-4-6-14-24(3)21(22-5-2)23-16-18-10-12-19(13-11-18)17-25-15-8-7-9-20(25)26;/h7-13,15H,4-6,14,16-17H2,1-3H3,(H,22,23);1H. The predicted octanol–water partition coefficient (Wildman–Crippen LogP) is 3.71. The van der Waals surface area contributed by atoms with Gasteiger partial charge < -0.3 is 14.8 Å². The minimum absolute atomic E-state index is 0. The summed E-state index contributed by atoms with van der Waals surface area (Å²) in [6, 6.07) is 13.5. The Morgan fingerprint density at radius 2 is 1.81 bits per heavy atom. The van der Waals surface area contributed by atoms with Gasteiger partial charge in [-0.15, -0.1) is 24.0 Å². The molecule has 1 aromatic carbocycles. The number of hydrogen-bond donors (Lipinski definition) is 1. The second kappa shape index (κ2) is 12.5. The van der Waals surface area contributed by atoms with Gasteiger partial charge in [0.2, 0.25) is 0 Å². The second-order valence-electron chi connectivity index (χ2n) is 6.43. The molecule has 0 fully saturated rings. The minimum Gasteiger partial charge on any atom is -0.357 e. The molecule has 0 saturated heterocycles. The van der Waals surface area contributed by atoms with Gasteiger partial charge >= 0.3 is 0 Å². The van der Waals surface area contributed by atoms with Gasteiger partial charge in [-0.05, 0) is 30.5 Å². The molecule has 1 N–H and O–H groups in total. The highest BCUT2D eigenvalue weighted by molar-refractivity contribution is 14.0. The largest absolute Gasteiger partial charge is 0.357 e. The normalized spacial score (nSPS) is 11.0. The first kappa shape index (κ1) is 23.2. The Hall–Kier alpha value is -1.83. The van der Waals surface area contributed by atoms with Crippen LogP contribution in [-0.2, 0) is 13.1 Å². The number of benzene rings is 1. The van der Waals surface area contributed by atoms with Crippen molar-refractivity contribution in [2.45, 2.75) is 39.8 Å². The van der Waals surface area contributed by atoms with E-state index < -0.39 is 0 Å². The Balaban J connectivity index is 0.00000364. The van der Waals surface area contributed by atoms with Crippen LogP contribution in [0, 0.1) is 0 Å². The molecule has 0 bridgehead atoms. The summed E-state index contributed by atoms with van der Waals surface area (Å²) in [5.74, 6) is 0.945. The first-order valence-corrected chi connectivity index (χ1v) is 9.36. The highest BCUT2D eigenvalue weighted by Gasteiger charge is 2.05. The van der Waals surface area contributed by atoms with E-state index in [1.807, 2.05) is 12.3 Å². The molecule has 5 nitrogen and oxygen atoms in total. The van der Waals surface area contributed by atoms with E-state index in [-0.39, 0.29) is 29.5 Å². The molecule has 0 aliphatic heterocycles. The van der Waals surface area contributed by atoms with Crippen molar-refractivity contribution in [3.05, 3.63) is 70.1 Å². The molecule has 0 radical (unpaired) electrons. The number of halogens is 1. The van der Waals surface area contributed by atoms with Gasteiger partial charge in [0.1, 0.15) is 0 Å². The number of unbranched alkanes of at least 4 members (excludes halogenated alkanes) is 1. The summed E-state index contributed by atoms with van der Waals surface area (Å²) in [4.78, 5) is 18.7. The molecular formula is C21H31IN4O. The molecule has 148 valence electrons. The maximum atomic E-state index is 11.8. The maximum absolute atomic E-state index is 11.8. The Morgan fingerprint density at radius 3 is 2.44 bits per heavy atom. The summed E-state index contributed by atoms with van der Waals surface area (Å²) < 4.78 is 1.71. The monoisotopic (exact) mass is 482 g/mol. The lowest BCUT2D eigenvalue weighted by Crippen LogP contribution is -2.39. The van der Waals surface area contributed by atoms with Gasteiger partial charge in [-0.1, -0.05) is 43.7 Å². The quantitative estimate of drug-likeness (QED) is 0.355. The summed E-state index contributed by atoms with van der Waals surface area (Å²) in [6.45, 7) is 7.38. The molecule has 2 rings (SSSR count). The highest BCUT2D eigenvalue weighted by Crippen LogP contribution is 2.07. The fourth-order valence-electron chi connectivity index (χ4n) is 2.68. The fourth-order valence-corrected chi connectivity index (χ4v) is 2.68. The van der Waals surface area contributed by atoms with Gasteiger partial charge in [-0.2, -0.15) is 0 Å². The molecule has 0 atom stereocenters. The number of guanidine groups is 1. The van der Waals surface area contributed by atoms with Crippen LogP contribution in [0.2, 0.25) is 0 Å². The molecule has 0 amide bonds. The van der Waals surface area contributed by atoms with Gasteiger partial charge in [-0.3, -0.25) is 4.79 Å². The van der Waals surface area contributed by atoms with Crippen LogP contribution in [0.4, 0.5) is 0 Å². The number of nitrogens with zero attached hydrogens (tertiary/aromatic N) is 3. The number of pyridine rings is 1. The van der Waals surface area contributed by atoms with Crippen LogP contribution < -0.4 is 10.9 Å². The smallest absolute Gasteiger partial charge is 0.250 e. The molecule has 0 unspecified atom stereocenters. The van der Waals surface area contributed by atoms with E-state index in [0.29, 0.717) is 13.1 Å². The zero-order valence-corrected chi connectivity index (χ0v) is 18.8. The number of aliphatic imine (C=N–C) groups is 1. The molecule has 0 saturated carbocycles. The Morgan fingerprint density at radius 1 is 1.11 bits per heavy atom. The van der Waals surface area contributed by atoms with Crippen molar-refractivity contribution in [1.29, 1.82) is 0 Å². The molecule has 1 heterocycles. The van der Waals surface area contributed by atoms with Crippen molar-refractivity contribution in [1.82, 2.24) is 14.8 Å². The molecule has 0 aliphatic carbocycles. The van der Waals surface area contributed by atoms with Crippen molar-refractivity contribution < 1.29 is 0 Å². The van der Waals surface area contributed by atoms with Crippen LogP contribution in [-0.4, -0.2) is 35.6 Å². The fraction of sp³-hybridized carbons (Fsp3) is 0.429. The van der Waals surface area contributed by atoms with Gasteiger partial charge in [0, 0.05) is 32.4 Å². The molecule has 6 heteroatoms. The van der Waals surface area contributed by atoms with Gasteiger partial charge in [0.15, 0.2) is 5.96 Å². The van der Waals surface area contributed by atoms with Crippen molar-refractivity contribution in [3.63, 3.8) is 0 Å². The third-order valence-electron chi connectivity index (χ3n) is 4.23. The van der Waals surface area contributed by atoms with Crippen LogP contribution in [0.25, 0.3) is 0 Å². The van der Waals surface area contributed by atoms with Crippen molar-refractivity contribution in [2.75, 3.05) is 20.1 Å². The number of rotatable bonds is 8. The topological polar surface area (TPSA) is 49.6 Å². The van der Waals surface area contributed by atoms with E-state index in [4.69, 9.17) is 4.99 Å². The van der Waals surface area contributed by atoms with E-state index in [1.54, 1.807) is 16.7 Å². The lowest BCUT2D eigenvalue weighted by molar-refractivity contribution is 0.465. The van der Waals surface area contributed by atoms with Crippen LogP contribution in [0.3, 0.4) is 0 Å². The molecule has 0 aliphatic rings. The Kier molecular flexibility index (Phi) is 10.8. The molecular weight excluding hydrogens is 451 g/mol. The number of hydrogen-bond acceptors (Lipinski definition) is 2. The summed E-state index contributed by atoms with van der Waals surface area (Å²) >= 11 is 0. The lowest BCUT2D eigenvalue weighted by Gasteiger charge is -2.21. The Bertz CT molecular complexity index is 755. The zero-order valence-electron chi connectivity index (χ0n) is 16.5. The second-order valence-corrected chi connectivity index (χ2v) is 6.43. The minimum atomic E-state index is 0. The van der Waals surface area contributed by atoms with Crippen molar-refractivity contribution in [3.8, 4) is 0 Å². The summed E-state index contributed by atoms with van der Waals surface area (Å²) in [6.07, 6.45) is 4.15. The van der Waals surface area contributed by atoms with E-state index in [2.05, 4.69) is 55.4 Å². The van der Waals surface area contributed by atoms with E-state index in [0.717, 1.165) is 36.6 Å². The third kappa shape index (κ3) is 7.74. The molecule has 2 aromatic rings. The van der Waals surface area contributed by atoms with Gasteiger partial charge in [0.05, 0.1) is 13.1 Å². The lowest BCUT2D eigenvalue weighted by atomic mass is 10.1. The Labute approximate surface area is 179 Å². The van der Waals surface area contributed by atoms with E-state index in [1.165, 1.54) is 6.42 Å². The van der Waals surface area contributed by atoms with Crippen LogP contribution in [0.5, 0.6) is 0 Å². The average molecular weight is 482 g/mol. The maximum Gasteiger partial charge on any atom is 0.250 e. The average Bonchev–Trinajstić information content (AvgIpc) is 2.66. The first-order chi connectivity index (χ1) is 12.6.